The molecule has 1 saturated heterocycles. The Morgan fingerprint density at radius 2 is 1.70 bits per heavy atom. The molecule has 144 valence electrons. The van der Waals surface area contributed by atoms with E-state index in [1.54, 1.807) is 18.2 Å². The molecule has 0 aromatic heterocycles. The van der Waals surface area contributed by atoms with Gasteiger partial charge in [-0.1, -0.05) is 18.2 Å². The lowest BCUT2D eigenvalue weighted by molar-refractivity contribution is 0.0747. The van der Waals surface area contributed by atoms with E-state index in [1.165, 1.54) is 11.3 Å². The first-order valence-electron chi connectivity index (χ1n) is 8.92. The number of nitrogens with one attached hydrogen (secondary N) is 1. The van der Waals surface area contributed by atoms with Gasteiger partial charge < -0.3 is 9.80 Å². The topological polar surface area (TPSA) is 69.7 Å². The van der Waals surface area contributed by atoms with E-state index in [9.17, 15) is 13.2 Å². The summed E-state index contributed by atoms with van der Waals surface area (Å²) in [5.41, 5.74) is 4.12. The van der Waals surface area contributed by atoms with Crippen molar-refractivity contribution in [3.63, 3.8) is 0 Å². The maximum atomic E-state index is 12.9. The molecule has 0 unspecified atom stereocenters. The number of aryl methyl sites for hydroxylation is 2. The molecule has 7 heteroatoms. The van der Waals surface area contributed by atoms with Gasteiger partial charge in [-0.3, -0.25) is 9.52 Å². The maximum absolute atomic E-state index is 12.9. The molecule has 0 aliphatic carbocycles. The van der Waals surface area contributed by atoms with Gasteiger partial charge >= 0.3 is 0 Å². The van der Waals surface area contributed by atoms with Crippen molar-refractivity contribution < 1.29 is 13.2 Å². The maximum Gasteiger partial charge on any atom is 0.254 e. The number of benzene rings is 2. The van der Waals surface area contributed by atoms with Crippen LogP contribution in [0.1, 0.15) is 21.5 Å². The summed E-state index contributed by atoms with van der Waals surface area (Å²) in [6, 6.07) is 13.5. The monoisotopic (exact) mass is 387 g/mol. The molecule has 0 saturated carbocycles. The molecule has 6 nitrogen and oxygen atoms in total. The Hall–Kier alpha value is -2.54. The van der Waals surface area contributed by atoms with Crippen LogP contribution < -0.4 is 9.62 Å². The van der Waals surface area contributed by atoms with Crippen molar-refractivity contribution >= 4 is 27.3 Å². The standard InChI is InChI=1S/C20H25N3O3S/c1-15-5-4-6-18(13-15)22-9-11-23(12-10-22)20(24)17-8-7-16(2)19(14-17)21-27(3,25)26/h4-8,13-14,21H,9-12H2,1-3H3. The minimum Gasteiger partial charge on any atom is -0.368 e. The lowest BCUT2D eigenvalue weighted by Gasteiger charge is -2.36. The summed E-state index contributed by atoms with van der Waals surface area (Å²) in [6.45, 7) is 6.70. The third-order valence-electron chi connectivity index (χ3n) is 4.71. The number of anilines is 2. The molecular formula is C20H25N3O3S. The summed E-state index contributed by atoms with van der Waals surface area (Å²) in [7, 11) is -3.39. The van der Waals surface area contributed by atoms with Gasteiger partial charge in [0.1, 0.15) is 0 Å². The predicted octanol–water partition coefficient (Wildman–Crippen LogP) is 2.64. The normalized spacial score (nSPS) is 14.9. The number of rotatable bonds is 4. The van der Waals surface area contributed by atoms with Crippen LogP contribution in [0, 0.1) is 13.8 Å². The van der Waals surface area contributed by atoms with Crippen LogP contribution in [0.4, 0.5) is 11.4 Å². The smallest absolute Gasteiger partial charge is 0.254 e. The molecule has 2 aromatic carbocycles. The van der Waals surface area contributed by atoms with Crippen LogP contribution in [-0.4, -0.2) is 51.7 Å². The fourth-order valence-electron chi connectivity index (χ4n) is 3.24. The van der Waals surface area contributed by atoms with Crippen molar-refractivity contribution in [2.24, 2.45) is 0 Å². The van der Waals surface area contributed by atoms with Crippen LogP contribution >= 0.6 is 0 Å². The van der Waals surface area contributed by atoms with Crippen LogP contribution in [0.3, 0.4) is 0 Å². The third-order valence-corrected chi connectivity index (χ3v) is 5.30. The molecule has 0 atom stereocenters. The minimum absolute atomic E-state index is 0.0737. The summed E-state index contributed by atoms with van der Waals surface area (Å²) in [4.78, 5) is 17.0. The van der Waals surface area contributed by atoms with Gasteiger partial charge in [0.15, 0.2) is 0 Å². The molecule has 1 aliphatic heterocycles. The van der Waals surface area contributed by atoms with E-state index < -0.39 is 10.0 Å². The second kappa shape index (κ2) is 7.60. The number of piperazine rings is 1. The van der Waals surface area contributed by atoms with E-state index >= 15 is 0 Å². The molecule has 1 N–H and O–H groups in total. The van der Waals surface area contributed by atoms with Gasteiger partial charge in [-0.25, -0.2) is 8.42 Å². The van der Waals surface area contributed by atoms with Gasteiger partial charge in [0.25, 0.3) is 5.91 Å². The zero-order chi connectivity index (χ0) is 19.6. The highest BCUT2D eigenvalue weighted by molar-refractivity contribution is 7.92. The van der Waals surface area contributed by atoms with Crippen LogP contribution in [0.2, 0.25) is 0 Å². The molecular weight excluding hydrogens is 362 g/mol. The third kappa shape index (κ3) is 4.80. The Kier molecular flexibility index (Phi) is 5.41. The Morgan fingerprint density at radius 3 is 2.33 bits per heavy atom. The van der Waals surface area contributed by atoms with Gasteiger partial charge in [-0.15, -0.1) is 0 Å². The second-order valence-corrected chi connectivity index (χ2v) is 8.77. The first-order chi connectivity index (χ1) is 12.7. The number of hydrogen-bond donors (Lipinski definition) is 1. The molecule has 3 rings (SSSR count). The number of carbonyl (C=O) groups is 1. The van der Waals surface area contributed by atoms with E-state index in [0.717, 1.165) is 24.9 Å². The second-order valence-electron chi connectivity index (χ2n) is 7.02. The lowest BCUT2D eigenvalue weighted by Crippen LogP contribution is -2.48. The summed E-state index contributed by atoms with van der Waals surface area (Å²) in [5, 5.41) is 0. The molecule has 1 fully saturated rings. The number of amides is 1. The highest BCUT2D eigenvalue weighted by atomic mass is 32.2. The molecule has 0 spiro atoms. The average Bonchev–Trinajstić information content (AvgIpc) is 2.62. The fraction of sp³-hybridized carbons (Fsp3) is 0.350. The summed E-state index contributed by atoms with van der Waals surface area (Å²) in [5.74, 6) is -0.0737. The molecule has 0 bridgehead atoms. The Bertz CT molecular complexity index is 949. The van der Waals surface area contributed by atoms with E-state index in [-0.39, 0.29) is 5.91 Å². The first kappa shape index (κ1) is 19.2. The molecule has 1 amide bonds. The number of carbonyl (C=O) groups excluding carboxylic acids is 1. The summed E-state index contributed by atoms with van der Waals surface area (Å²) >= 11 is 0. The molecule has 0 radical (unpaired) electrons. The first-order valence-corrected chi connectivity index (χ1v) is 10.8. The zero-order valence-electron chi connectivity index (χ0n) is 15.9. The Morgan fingerprint density at radius 1 is 1.00 bits per heavy atom. The largest absolute Gasteiger partial charge is 0.368 e. The van der Waals surface area contributed by atoms with Gasteiger partial charge in [0.05, 0.1) is 11.9 Å². The van der Waals surface area contributed by atoms with Gasteiger partial charge in [0.2, 0.25) is 10.0 Å². The molecule has 1 heterocycles. The van der Waals surface area contributed by atoms with Crippen LogP contribution in [0.15, 0.2) is 42.5 Å². The Balaban J connectivity index is 1.70. The zero-order valence-corrected chi connectivity index (χ0v) is 16.7. The van der Waals surface area contributed by atoms with Gasteiger partial charge in [-0.2, -0.15) is 0 Å². The lowest BCUT2D eigenvalue weighted by atomic mass is 10.1. The van der Waals surface area contributed by atoms with E-state index in [4.69, 9.17) is 0 Å². The Labute approximate surface area is 160 Å². The SMILES string of the molecule is Cc1cccc(N2CCN(C(=O)c3ccc(C)c(NS(C)(=O)=O)c3)CC2)c1. The van der Waals surface area contributed by atoms with Crippen LogP contribution in [0.25, 0.3) is 0 Å². The summed E-state index contributed by atoms with van der Waals surface area (Å²) < 4.78 is 25.5. The molecule has 27 heavy (non-hydrogen) atoms. The molecule has 1 aliphatic rings. The van der Waals surface area contributed by atoms with E-state index in [0.29, 0.717) is 24.3 Å². The van der Waals surface area contributed by atoms with Crippen LogP contribution in [-0.2, 0) is 10.0 Å². The average molecular weight is 388 g/mol. The van der Waals surface area contributed by atoms with Gasteiger partial charge in [-0.05, 0) is 49.2 Å². The minimum atomic E-state index is -3.39. The number of sulfonamides is 1. The van der Waals surface area contributed by atoms with E-state index in [2.05, 4.69) is 34.7 Å². The number of hydrogen-bond acceptors (Lipinski definition) is 4. The van der Waals surface area contributed by atoms with E-state index in [1.807, 2.05) is 17.9 Å². The van der Waals surface area contributed by atoms with Crippen molar-refractivity contribution in [1.29, 1.82) is 0 Å². The number of nitrogens with zero attached hydrogens (tertiary/aromatic N) is 2. The highest BCUT2D eigenvalue weighted by Gasteiger charge is 2.23. The fourth-order valence-corrected chi connectivity index (χ4v) is 3.86. The van der Waals surface area contributed by atoms with Gasteiger partial charge in [0, 0.05) is 37.4 Å². The van der Waals surface area contributed by atoms with Crippen molar-refractivity contribution in [3.8, 4) is 0 Å². The van der Waals surface area contributed by atoms with Crippen molar-refractivity contribution in [1.82, 2.24) is 4.90 Å². The predicted molar refractivity (Wildman–Crippen MR) is 109 cm³/mol. The highest BCUT2D eigenvalue weighted by Crippen LogP contribution is 2.21. The quantitative estimate of drug-likeness (QED) is 0.876. The van der Waals surface area contributed by atoms with Crippen molar-refractivity contribution in [2.45, 2.75) is 13.8 Å². The molecule has 2 aromatic rings. The van der Waals surface area contributed by atoms with Crippen LogP contribution in [0.5, 0.6) is 0 Å². The van der Waals surface area contributed by atoms with Crippen molar-refractivity contribution in [2.75, 3.05) is 42.1 Å². The van der Waals surface area contributed by atoms with Crippen molar-refractivity contribution in [3.05, 3.63) is 59.2 Å². The summed E-state index contributed by atoms with van der Waals surface area (Å²) in [6.07, 6.45) is 1.10.